The molecule has 1 aromatic carbocycles. The number of benzene rings is 1. The van der Waals surface area contributed by atoms with Crippen LogP contribution in [0.3, 0.4) is 0 Å². The molecule has 2 saturated heterocycles. The lowest BCUT2D eigenvalue weighted by Crippen LogP contribution is -2.34. The van der Waals surface area contributed by atoms with Crippen molar-refractivity contribution in [2.24, 2.45) is 0 Å². The van der Waals surface area contributed by atoms with Gasteiger partial charge in [-0.2, -0.15) is 0 Å². The summed E-state index contributed by atoms with van der Waals surface area (Å²) in [7, 11) is 1.56. The first kappa shape index (κ1) is 14.0. The van der Waals surface area contributed by atoms with Gasteiger partial charge in [-0.25, -0.2) is 0 Å². The lowest BCUT2D eigenvalue weighted by molar-refractivity contribution is -0.237. The maximum Gasteiger partial charge on any atom is 0.186 e. The summed E-state index contributed by atoms with van der Waals surface area (Å²) in [6.45, 7) is 3.70. The van der Waals surface area contributed by atoms with Crippen LogP contribution < -0.4 is 0 Å². The minimum absolute atomic E-state index is 0.321. The highest BCUT2D eigenvalue weighted by Gasteiger charge is 2.57. The van der Waals surface area contributed by atoms with Gasteiger partial charge in [-0.1, -0.05) is 30.3 Å². The highest BCUT2D eigenvalue weighted by Crippen LogP contribution is 2.42. The topological polar surface area (TPSA) is 57.2 Å². The van der Waals surface area contributed by atoms with Crippen molar-refractivity contribution in [3.05, 3.63) is 35.9 Å². The molecule has 3 rings (SSSR count). The molecule has 5 heteroatoms. The molecular weight excluding hydrogens is 260 g/mol. The van der Waals surface area contributed by atoms with Crippen LogP contribution in [-0.4, -0.2) is 42.6 Å². The van der Waals surface area contributed by atoms with Crippen molar-refractivity contribution >= 4 is 0 Å². The van der Waals surface area contributed by atoms with Crippen LogP contribution in [0.1, 0.15) is 25.5 Å². The predicted molar refractivity (Wildman–Crippen MR) is 70.9 cm³/mol. The van der Waals surface area contributed by atoms with Gasteiger partial charge in [0.2, 0.25) is 0 Å². The zero-order valence-electron chi connectivity index (χ0n) is 11.9. The van der Waals surface area contributed by atoms with E-state index in [-0.39, 0.29) is 12.2 Å². The van der Waals surface area contributed by atoms with Crippen LogP contribution in [-0.2, 0) is 18.9 Å². The first-order valence-electron chi connectivity index (χ1n) is 6.79. The summed E-state index contributed by atoms with van der Waals surface area (Å²) in [5.41, 5.74) is 0.793. The van der Waals surface area contributed by atoms with Crippen LogP contribution in [0.15, 0.2) is 30.3 Å². The Hall–Kier alpha value is -0.980. The minimum Gasteiger partial charge on any atom is -0.386 e. The summed E-state index contributed by atoms with van der Waals surface area (Å²) < 4.78 is 22.7. The molecule has 0 spiro atoms. The van der Waals surface area contributed by atoms with Crippen molar-refractivity contribution in [3.63, 3.8) is 0 Å². The zero-order chi connectivity index (χ0) is 14.3. The van der Waals surface area contributed by atoms with Gasteiger partial charge in [0.05, 0.1) is 0 Å². The Bertz CT molecular complexity index is 461. The van der Waals surface area contributed by atoms with Gasteiger partial charge >= 0.3 is 0 Å². The largest absolute Gasteiger partial charge is 0.386 e. The molecule has 0 bridgehead atoms. The smallest absolute Gasteiger partial charge is 0.186 e. The van der Waals surface area contributed by atoms with Crippen LogP contribution in [0.4, 0.5) is 0 Å². The number of hydrogen-bond acceptors (Lipinski definition) is 5. The molecule has 5 atom stereocenters. The van der Waals surface area contributed by atoms with E-state index in [1.165, 1.54) is 0 Å². The molecule has 1 aromatic rings. The second-order valence-electron chi connectivity index (χ2n) is 5.63. The van der Waals surface area contributed by atoms with Crippen LogP contribution in [0.25, 0.3) is 0 Å². The first-order valence-corrected chi connectivity index (χ1v) is 6.79. The fraction of sp³-hybridized carbons (Fsp3) is 0.600. The maximum atomic E-state index is 10.5. The normalized spacial score (nSPS) is 36.8. The van der Waals surface area contributed by atoms with E-state index in [1.54, 1.807) is 7.11 Å². The zero-order valence-corrected chi connectivity index (χ0v) is 11.9. The Labute approximate surface area is 118 Å². The van der Waals surface area contributed by atoms with Crippen LogP contribution in [0.2, 0.25) is 0 Å². The summed E-state index contributed by atoms with van der Waals surface area (Å²) in [6.07, 6.45) is -2.47. The Morgan fingerprint density at radius 2 is 1.80 bits per heavy atom. The third-order valence-corrected chi connectivity index (χ3v) is 3.73. The van der Waals surface area contributed by atoms with Gasteiger partial charge < -0.3 is 24.1 Å². The molecule has 2 fully saturated rings. The highest BCUT2D eigenvalue weighted by molar-refractivity contribution is 5.20. The van der Waals surface area contributed by atoms with Crippen molar-refractivity contribution in [2.45, 2.75) is 50.3 Å². The molecule has 0 amide bonds. The molecule has 0 aliphatic carbocycles. The fourth-order valence-electron chi connectivity index (χ4n) is 2.88. The standard InChI is InChI=1S/C15H20O5/c1-15(2)19-12-11(18-14(17-3)13(12)20-15)10(16)9-7-5-4-6-8-9/h4-8,10-14,16H,1-3H3/t10?,11-,12+,13+,14+/m1/s1. The van der Waals surface area contributed by atoms with E-state index in [4.69, 9.17) is 18.9 Å². The van der Waals surface area contributed by atoms with E-state index in [9.17, 15) is 5.11 Å². The number of methoxy groups -OCH3 is 1. The Kier molecular flexibility index (Phi) is 3.56. The molecule has 1 unspecified atom stereocenters. The van der Waals surface area contributed by atoms with Crippen molar-refractivity contribution < 1.29 is 24.1 Å². The Morgan fingerprint density at radius 3 is 2.45 bits per heavy atom. The highest BCUT2D eigenvalue weighted by atomic mass is 16.8. The molecule has 2 aliphatic rings. The second kappa shape index (κ2) is 5.09. The van der Waals surface area contributed by atoms with Gasteiger partial charge in [-0.05, 0) is 19.4 Å². The lowest BCUT2D eigenvalue weighted by atomic mass is 9.99. The van der Waals surface area contributed by atoms with Crippen molar-refractivity contribution in [3.8, 4) is 0 Å². The van der Waals surface area contributed by atoms with E-state index in [2.05, 4.69) is 0 Å². The molecule has 110 valence electrons. The third-order valence-electron chi connectivity index (χ3n) is 3.73. The Balaban J connectivity index is 1.83. The summed E-state index contributed by atoms with van der Waals surface area (Å²) in [4.78, 5) is 0. The molecule has 20 heavy (non-hydrogen) atoms. The molecule has 0 radical (unpaired) electrons. The quantitative estimate of drug-likeness (QED) is 0.911. The SMILES string of the molecule is CO[C@H]1O[C@H](C(O)c2ccccc2)[C@@H]2OC(C)(C)O[C@H]12. The molecule has 5 nitrogen and oxygen atoms in total. The van der Waals surface area contributed by atoms with Gasteiger partial charge in [-0.3, -0.25) is 0 Å². The first-order chi connectivity index (χ1) is 9.52. The minimum atomic E-state index is -0.777. The van der Waals surface area contributed by atoms with E-state index >= 15 is 0 Å². The van der Waals surface area contributed by atoms with Gasteiger partial charge in [0.15, 0.2) is 12.1 Å². The van der Waals surface area contributed by atoms with Crippen LogP contribution >= 0.6 is 0 Å². The van der Waals surface area contributed by atoms with E-state index in [0.717, 1.165) is 5.56 Å². The van der Waals surface area contributed by atoms with Gasteiger partial charge in [0.1, 0.15) is 24.4 Å². The summed E-state index contributed by atoms with van der Waals surface area (Å²) >= 11 is 0. The van der Waals surface area contributed by atoms with Gasteiger partial charge in [-0.15, -0.1) is 0 Å². The van der Waals surface area contributed by atoms with E-state index in [0.29, 0.717) is 0 Å². The molecule has 0 aromatic heterocycles. The average molecular weight is 280 g/mol. The van der Waals surface area contributed by atoms with Gasteiger partial charge in [0, 0.05) is 7.11 Å². The van der Waals surface area contributed by atoms with Crippen molar-refractivity contribution in [1.29, 1.82) is 0 Å². The number of aliphatic hydroxyl groups excluding tert-OH is 1. The van der Waals surface area contributed by atoms with E-state index < -0.39 is 24.3 Å². The predicted octanol–water partition coefficient (Wildman–Crippen LogP) is 1.61. The van der Waals surface area contributed by atoms with Crippen molar-refractivity contribution in [1.82, 2.24) is 0 Å². The Morgan fingerprint density at radius 1 is 1.15 bits per heavy atom. The van der Waals surface area contributed by atoms with Crippen LogP contribution in [0.5, 0.6) is 0 Å². The molecule has 1 N–H and O–H groups in total. The van der Waals surface area contributed by atoms with Crippen molar-refractivity contribution in [2.75, 3.05) is 7.11 Å². The number of fused-ring (bicyclic) bond motifs is 1. The lowest BCUT2D eigenvalue weighted by Gasteiger charge is -2.26. The summed E-state index contributed by atoms with van der Waals surface area (Å²) in [5, 5.41) is 10.5. The number of ether oxygens (including phenoxy) is 4. The molecule has 2 heterocycles. The maximum absolute atomic E-state index is 10.5. The third kappa shape index (κ3) is 2.36. The number of hydrogen-bond donors (Lipinski definition) is 1. The van der Waals surface area contributed by atoms with Gasteiger partial charge in [0.25, 0.3) is 0 Å². The van der Waals surface area contributed by atoms with Crippen LogP contribution in [0, 0.1) is 0 Å². The monoisotopic (exact) mass is 280 g/mol. The summed E-state index contributed by atoms with van der Waals surface area (Å²) in [6, 6.07) is 9.41. The molecule has 0 saturated carbocycles. The number of rotatable bonds is 3. The van der Waals surface area contributed by atoms with E-state index in [1.807, 2.05) is 44.2 Å². The second-order valence-corrected chi connectivity index (χ2v) is 5.63. The average Bonchev–Trinajstić information content (AvgIpc) is 2.92. The fourth-order valence-corrected chi connectivity index (χ4v) is 2.88. The summed E-state index contributed by atoms with van der Waals surface area (Å²) in [5.74, 6) is -0.690. The molecular formula is C15H20O5. The molecule has 2 aliphatic heterocycles. The number of aliphatic hydroxyl groups is 1.